The Labute approximate surface area is 91.7 Å². The van der Waals surface area contributed by atoms with Crippen LogP contribution in [0.4, 0.5) is 0 Å². The first-order valence-electron chi connectivity index (χ1n) is 5.60. The van der Waals surface area contributed by atoms with Gasteiger partial charge in [-0.15, -0.1) is 0 Å². The van der Waals surface area contributed by atoms with Crippen molar-refractivity contribution < 1.29 is 0 Å². The molecule has 1 aromatic heterocycles. The first-order chi connectivity index (χ1) is 7.02. The third-order valence-electron chi connectivity index (χ3n) is 3.24. The lowest BCUT2D eigenvalue weighted by atomic mass is 10.1. The Morgan fingerprint density at radius 3 is 2.33 bits per heavy atom. The second kappa shape index (κ2) is 3.41. The Balaban J connectivity index is 2.88. The van der Waals surface area contributed by atoms with Crippen LogP contribution in [-0.4, -0.2) is 4.57 Å². The van der Waals surface area contributed by atoms with Gasteiger partial charge in [-0.05, 0) is 51.8 Å². The highest BCUT2D eigenvalue weighted by atomic mass is 15.0. The summed E-state index contributed by atoms with van der Waals surface area (Å²) in [4.78, 5) is 0. The molecule has 0 atom stereocenters. The van der Waals surface area contributed by atoms with Crippen LogP contribution in [0.25, 0.3) is 10.9 Å². The summed E-state index contributed by atoms with van der Waals surface area (Å²) in [6, 6.07) is 7.25. The fourth-order valence-electron chi connectivity index (χ4n) is 2.38. The molecular formula is C14H19N. The predicted molar refractivity (Wildman–Crippen MR) is 66.5 cm³/mol. The summed E-state index contributed by atoms with van der Waals surface area (Å²) in [5.74, 6) is 0. The molecule has 0 fully saturated rings. The van der Waals surface area contributed by atoms with Gasteiger partial charge in [-0.3, -0.25) is 0 Å². The highest BCUT2D eigenvalue weighted by Gasteiger charge is 2.12. The molecular weight excluding hydrogens is 182 g/mol. The van der Waals surface area contributed by atoms with Crippen molar-refractivity contribution in [3.8, 4) is 0 Å². The zero-order valence-electron chi connectivity index (χ0n) is 10.3. The minimum Gasteiger partial charge on any atom is -0.342 e. The fraction of sp³-hybridized carbons (Fsp3) is 0.429. The second-order valence-corrected chi connectivity index (χ2v) is 4.69. The van der Waals surface area contributed by atoms with Gasteiger partial charge in [-0.2, -0.15) is 0 Å². The molecule has 0 aliphatic rings. The maximum absolute atomic E-state index is 2.43. The van der Waals surface area contributed by atoms with Crippen LogP contribution in [0.5, 0.6) is 0 Å². The van der Waals surface area contributed by atoms with Crippen molar-refractivity contribution in [2.75, 3.05) is 0 Å². The van der Waals surface area contributed by atoms with E-state index in [2.05, 4.69) is 57.4 Å². The number of fused-ring (bicyclic) bond motifs is 1. The van der Waals surface area contributed by atoms with E-state index in [0.717, 1.165) is 0 Å². The van der Waals surface area contributed by atoms with Crippen LogP contribution in [0.1, 0.15) is 36.7 Å². The molecule has 1 heteroatoms. The Kier molecular flexibility index (Phi) is 2.34. The second-order valence-electron chi connectivity index (χ2n) is 4.69. The molecule has 0 bridgehead atoms. The lowest BCUT2D eigenvalue weighted by Gasteiger charge is -2.12. The van der Waals surface area contributed by atoms with Crippen molar-refractivity contribution in [1.82, 2.24) is 4.57 Å². The quantitative estimate of drug-likeness (QED) is 0.653. The van der Waals surface area contributed by atoms with Crippen molar-refractivity contribution in [3.05, 3.63) is 35.0 Å². The number of rotatable bonds is 1. The third kappa shape index (κ3) is 1.46. The average molecular weight is 201 g/mol. The maximum atomic E-state index is 2.43. The highest BCUT2D eigenvalue weighted by molar-refractivity contribution is 5.86. The summed E-state index contributed by atoms with van der Waals surface area (Å²) in [6.07, 6.45) is 0. The summed E-state index contributed by atoms with van der Waals surface area (Å²) < 4.78 is 2.43. The van der Waals surface area contributed by atoms with E-state index in [1.807, 2.05) is 0 Å². The van der Waals surface area contributed by atoms with Gasteiger partial charge in [0.1, 0.15) is 0 Å². The van der Waals surface area contributed by atoms with Gasteiger partial charge in [0, 0.05) is 22.6 Å². The zero-order chi connectivity index (χ0) is 11.2. The molecule has 15 heavy (non-hydrogen) atoms. The Bertz CT molecular complexity index is 504. The van der Waals surface area contributed by atoms with E-state index in [-0.39, 0.29) is 0 Å². The van der Waals surface area contributed by atoms with Crippen LogP contribution in [0.3, 0.4) is 0 Å². The standard InChI is InChI=1S/C14H19N/c1-9(2)15-12(5)11(4)13-7-6-10(3)8-14(13)15/h6-9H,1-5H3. The summed E-state index contributed by atoms with van der Waals surface area (Å²) >= 11 is 0. The smallest absolute Gasteiger partial charge is 0.0490 e. The molecule has 0 amide bonds. The van der Waals surface area contributed by atoms with E-state index in [9.17, 15) is 0 Å². The van der Waals surface area contributed by atoms with Gasteiger partial charge in [-0.1, -0.05) is 12.1 Å². The maximum Gasteiger partial charge on any atom is 0.0490 e. The largest absolute Gasteiger partial charge is 0.342 e. The van der Waals surface area contributed by atoms with Gasteiger partial charge < -0.3 is 4.57 Å². The van der Waals surface area contributed by atoms with Crippen LogP contribution >= 0.6 is 0 Å². The SMILES string of the molecule is Cc1ccc2c(C)c(C)n(C(C)C)c2c1. The number of nitrogens with zero attached hydrogens (tertiary/aromatic N) is 1. The minimum absolute atomic E-state index is 0.531. The number of hydrogen-bond donors (Lipinski definition) is 0. The molecule has 1 heterocycles. The van der Waals surface area contributed by atoms with Gasteiger partial charge in [-0.25, -0.2) is 0 Å². The van der Waals surface area contributed by atoms with Crippen LogP contribution in [0, 0.1) is 20.8 Å². The Morgan fingerprint density at radius 1 is 1.07 bits per heavy atom. The molecule has 0 aliphatic carbocycles. The van der Waals surface area contributed by atoms with Gasteiger partial charge >= 0.3 is 0 Å². The molecule has 0 radical (unpaired) electrons. The van der Waals surface area contributed by atoms with Crippen molar-refractivity contribution in [1.29, 1.82) is 0 Å². The number of aryl methyl sites for hydroxylation is 2. The molecule has 0 saturated heterocycles. The molecule has 2 rings (SSSR count). The molecule has 1 aromatic carbocycles. The molecule has 0 saturated carbocycles. The summed E-state index contributed by atoms with van der Waals surface area (Å²) in [5, 5.41) is 1.40. The van der Waals surface area contributed by atoms with Crippen LogP contribution < -0.4 is 0 Å². The van der Waals surface area contributed by atoms with Gasteiger partial charge in [0.2, 0.25) is 0 Å². The van der Waals surface area contributed by atoms with E-state index >= 15 is 0 Å². The average Bonchev–Trinajstić information content (AvgIpc) is 2.39. The fourth-order valence-corrected chi connectivity index (χ4v) is 2.38. The van der Waals surface area contributed by atoms with Gasteiger partial charge in [0.25, 0.3) is 0 Å². The van der Waals surface area contributed by atoms with Crippen molar-refractivity contribution in [2.24, 2.45) is 0 Å². The third-order valence-corrected chi connectivity index (χ3v) is 3.24. The first-order valence-corrected chi connectivity index (χ1v) is 5.60. The molecule has 0 unspecified atom stereocenters. The molecule has 2 aromatic rings. The lowest BCUT2D eigenvalue weighted by Crippen LogP contribution is -2.02. The van der Waals surface area contributed by atoms with Gasteiger partial charge in [0.15, 0.2) is 0 Å². The van der Waals surface area contributed by atoms with E-state index in [0.29, 0.717) is 6.04 Å². The number of aromatic nitrogens is 1. The summed E-state index contributed by atoms with van der Waals surface area (Å²) in [7, 11) is 0. The van der Waals surface area contributed by atoms with Crippen molar-refractivity contribution in [3.63, 3.8) is 0 Å². The van der Waals surface area contributed by atoms with Crippen molar-refractivity contribution in [2.45, 2.75) is 40.7 Å². The molecule has 80 valence electrons. The molecule has 0 aliphatic heterocycles. The van der Waals surface area contributed by atoms with Gasteiger partial charge in [0.05, 0.1) is 0 Å². The number of hydrogen-bond acceptors (Lipinski definition) is 0. The normalized spacial score (nSPS) is 11.6. The van der Waals surface area contributed by atoms with E-state index in [1.54, 1.807) is 0 Å². The van der Waals surface area contributed by atoms with E-state index in [1.165, 1.54) is 27.7 Å². The van der Waals surface area contributed by atoms with Crippen LogP contribution in [0.2, 0.25) is 0 Å². The van der Waals surface area contributed by atoms with Crippen LogP contribution in [-0.2, 0) is 0 Å². The number of benzene rings is 1. The van der Waals surface area contributed by atoms with E-state index in [4.69, 9.17) is 0 Å². The van der Waals surface area contributed by atoms with Crippen molar-refractivity contribution >= 4 is 10.9 Å². The Morgan fingerprint density at radius 2 is 1.73 bits per heavy atom. The van der Waals surface area contributed by atoms with Crippen LogP contribution in [0.15, 0.2) is 18.2 Å². The minimum atomic E-state index is 0.531. The molecule has 0 N–H and O–H groups in total. The monoisotopic (exact) mass is 201 g/mol. The van der Waals surface area contributed by atoms with E-state index < -0.39 is 0 Å². The highest BCUT2D eigenvalue weighted by Crippen LogP contribution is 2.28. The molecule has 0 spiro atoms. The predicted octanol–water partition coefficient (Wildman–Crippen LogP) is 4.15. The Hall–Kier alpha value is -1.24. The lowest BCUT2D eigenvalue weighted by molar-refractivity contribution is 0.606. The summed E-state index contributed by atoms with van der Waals surface area (Å²) in [6.45, 7) is 11.1. The first kappa shape index (κ1) is 10.3. The molecule has 1 nitrogen and oxygen atoms in total. The topological polar surface area (TPSA) is 4.93 Å². The summed E-state index contributed by atoms with van der Waals surface area (Å²) in [5.41, 5.74) is 5.52. The zero-order valence-corrected chi connectivity index (χ0v) is 10.3.